The minimum Gasteiger partial charge on any atom is -0.351 e. The Kier molecular flexibility index (Phi) is 3.92. The summed E-state index contributed by atoms with van der Waals surface area (Å²) in [6, 6.07) is -0.946. The molecular formula is C16H23F2N5O. The topological polar surface area (TPSA) is 63.1 Å². The molecule has 132 valence electrons. The van der Waals surface area contributed by atoms with Gasteiger partial charge in [0.05, 0.1) is 0 Å². The van der Waals surface area contributed by atoms with Crippen molar-refractivity contribution >= 4 is 11.9 Å². The first kappa shape index (κ1) is 15.8. The smallest absolute Gasteiger partial charge is 0.260 e. The van der Waals surface area contributed by atoms with Crippen molar-refractivity contribution in [3.63, 3.8) is 0 Å². The van der Waals surface area contributed by atoms with E-state index in [1.165, 1.54) is 11.0 Å². The van der Waals surface area contributed by atoms with E-state index < -0.39 is 12.5 Å². The van der Waals surface area contributed by atoms with Crippen molar-refractivity contribution in [3.8, 4) is 0 Å². The Hall–Kier alpha value is -1.73. The maximum atomic E-state index is 13.3. The second-order valence-corrected chi connectivity index (χ2v) is 7.40. The minimum atomic E-state index is -2.45. The van der Waals surface area contributed by atoms with E-state index in [1.54, 1.807) is 0 Å². The molecule has 2 aliphatic heterocycles. The average molecular weight is 339 g/mol. The molecule has 1 aromatic rings. The number of fused-ring (bicyclic) bond motifs is 1. The Balaban J connectivity index is 1.38. The molecule has 1 saturated heterocycles. The number of aromatic nitrogens is 3. The average Bonchev–Trinajstić information content (AvgIpc) is 3.12. The standard InChI is InChI=1S/C16H23F2N5O/c1-9-6-11(9)15(24)22-4-2-10(3-5-22)12-7-13(14(17)18)23-16(21-12)19-8-20-23/h8-14H,2-7H2,1H3,(H,19,20,21)/t9-,11-,12-,13+/m0/s1. The second kappa shape index (κ2) is 5.97. The van der Waals surface area contributed by atoms with E-state index in [2.05, 4.69) is 22.3 Å². The molecule has 3 aliphatic rings. The van der Waals surface area contributed by atoms with Crippen molar-refractivity contribution in [3.05, 3.63) is 6.33 Å². The summed E-state index contributed by atoms with van der Waals surface area (Å²) in [5.74, 6) is 1.74. The number of piperidine rings is 1. The van der Waals surface area contributed by atoms with Crippen LogP contribution in [0.4, 0.5) is 14.7 Å². The van der Waals surface area contributed by atoms with Crippen LogP contribution in [0.2, 0.25) is 0 Å². The number of nitrogens with one attached hydrogen (secondary N) is 1. The maximum absolute atomic E-state index is 13.3. The summed E-state index contributed by atoms with van der Waals surface area (Å²) in [5.41, 5.74) is 0. The number of rotatable bonds is 3. The van der Waals surface area contributed by atoms with E-state index >= 15 is 0 Å². The lowest BCUT2D eigenvalue weighted by Crippen LogP contribution is -2.46. The molecule has 1 saturated carbocycles. The first-order chi connectivity index (χ1) is 11.5. The van der Waals surface area contributed by atoms with E-state index in [-0.39, 0.29) is 23.8 Å². The van der Waals surface area contributed by atoms with Crippen molar-refractivity contribution in [1.82, 2.24) is 19.7 Å². The van der Waals surface area contributed by atoms with Crippen LogP contribution in [0.5, 0.6) is 0 Å². The Morgan fingerprint density at radius 1 is 1.33 bits per heavy atom. The summed E-state index contributed by atoms with van der Waals surface area (Å²) >= 11 is 0. The van der Waals surface area contributed by atoms with Crippen LogP contribution in [0, 0.1) is 17.8 Å². The van der Waals surface area contributed by atoms with Gasteiger partial charge in [-0.15, -0.1) is 0 Å². The summed E-state index contributed by atoms with van der Waals surface area (Å²) in [5, 5.41) is 7.19. The molecular weight excluding hydrogens is 316 g/mol. The van der Waals surface area contributed by atoms with E-state index in [4.69, 9.17) is 0 Å². The molecule has 2 fully saturated rings. The maximum Gasteiger partial charge on any atom is 0.260 e. The predicted octanol–water partition coefficient (Wildman–Crippen LogP) is 2.16. The summed E-state index contributed by atoms with van der Waals surface area (Å²) in [7, 11) is 0. The van der Waals surface area contributed by atoms with Crippen LogP contribution in [-0.2, 0) is 4.79 Å². The Bertz CT molecular complexity index is 613. The predicted molar refractivity (Wildman–Crippen MR) is 83.7 cm³/mol. The summed E-state index contributed by atoms with van der Waals surface area (Å²) in [6.45, 7) is 3.58. The van der Waals surface area contributed by atoms with Crippen LogP contribution in [-0.4, -0.2) is 51.1 Å². The molecule has 1 aromatic heterocycles. The molecule has 1 amide bonds. The monoisotopic (exact) mass is 339 g/mol. The quantitative estimate of drug-likeness (QED) is 0.917. The van der Waals surface area contributed by atoms with Crippen molar-refractivity contribution in [2.75, 3.05) is 18.4 Å². The van der Waals surface area contributed by atoms with Crippen molar-refractivity contribution in [1.29, 1.82) is 0 Å². The number of carbonyl (C=O) groups excluding carboxylic acids is 1. The van der Waals surface area contributed by atoms with Gasteiger partial charge >= 0.3 is 0 Å². The van der Waals surface area contributed by atoms with Gasteiger partial charge in [-0.1, -0.05) is 6.92 Å². The van der Waals surface area contributed by atoms with Gasteiger partial charge in [0.25, 0.3) is 6.43 Å². The van der Waals surface area contributed by atoms with Gasteiger partial charge in [0.1, 0.15) is 12.4 Å². The van der Waals surface area contributed by atoms with Crippen LogP contribution in [0.1, 0.15) is 38.6 Å². The molecule has 4 atom stereocenters. The number of nitrogens with zero attached hydrogens (tertiary/aromatic N) is 4. The molecule has 0 aromatic carbocycles. The number of anilines is 1. The zero-order chi connectivity index (χ0) is 16.8. The molecule has 0 spiro atoms. The van der Waals surface area contributed by atoms with Crippen molar-refractivity contribution in [2.45, 2.75) is 51.1 Å². The van der Waals surface area contributed by atoms with Gasteiger partial charge in [0.15, 0.2) is 0 Å². The van der Waals surface area contributed by atoms with Gasteiger partial charge in [-0.2, -0.15) is 10.1 Å². The first-order valence-electron chi connectivity index (χ1n) is 8.77. The fraction of sp³-hybridized carbons (Fsp3) is 0.812. The van der Waals surface area contributed by atoms with Crippen LogP contribution in [0.15, 0.2) is 6.33 Å². The molecule has 1 N–H and O–H groups in total. The van der Waals surface area contributed by atoms with E-state index in [9.17, 15) is 13.6 Å². The van der Waals surface area contributed by atoms with E-state index in [0.717, 1.165) is 32.4 Å². The fourth-order valence-electron chi connectivity index (χ4n) is 4.12. The number of carbonyl (C=O) groups is 1. The third-order valence-corrected chi connectivity index (χ3v) is 5.83. The molecule has 0 radical (unpaired) electrons. The van der Waals surface area contributed by atoms with Crippen molar-refractivity contribution < 1.29 is 13.6 Å². The lowest BCUT2D eigenvalue weighted by Gasteiger charge is -2.40. The highest BCUT2D eigenvalue weighted by atomic mass is 19.3. The zero-order valence-corrected chi connectivity index (χ0v) is 13.7. The van der Waals surface area contributed by atoms with E-state index in [1.807, 2.05) is 4.90 Å². The van der Waals surface area contributed by atoms with Gasteiger partial charge in [-0.3, -0.25) is 4.79 Å². The minimum absolute atomic E-state index is 0.0298. The van der Waals surface area contributed by atoms with Crippen LogP contribution in [0.3, 0.4) is 0 Å². The number of amides is 1. The van der Waals surface area contributed by atoms with Gasteiger partial charge in [-0.05, 0) is 37.5 Å². The molecule has 6 nitrogen and oxygen atoms in total. The highest BCUT2D eigenvalue weighted by molar-refractivity contribution is 5.81. The van der Waals surface area contributed by atoms with Gasteiger partial charge in [0, 0.05) is 25.0 Å². The SMILES string of the molecule is C[C@H]1C[C@@H]1C(=O)N1CCC([C@@H]2C[C@H](C(F)F)n3ncnc3N2)CC1. The van der Waals surface area contributed by atoms with Crippen LogP contribution in [0.25, 0.3) is 0 Å². The molecule has 24 heavy (non-hydrogen) atoms. The number of likely N-dealkylation sites (tertiary alicyclic amines) is 1. The molecule has 4 rings (SSSR count). The first-order valence-corrected chi connectivity index (χ1v) is 8.77. The number of alkyl halides is 2. The van der Waals surface area contributed by atoms with Gasteiger partial charge in [0.2, 0.25) is 11.9 Å². The Morgan fingerprint density at radius 2 is 2.04 bits per heavy atom. The summed E-state index contributed by atoms with van der Waals surface area (Å²) < 4.78 is 28.0. The van der Waals surface area contributed by atoms with Crippen LogP contribution >= 0.6 is 0 Å². The largest absolute Gasteiger partial charge is 0.351 e. The molecule has 0 unspecified atom stereocenters. The lowest BCUT2D eigenvalue weighted by molar-refractivity contribution is -0.134. The van der Waals surface area contributed by atoms with E-state index in [0.29, 0.717) is 18.3 Å². The second-order valence-electron chi connectivity index (χ2n) is 7.40. The Labute approximate surface area is 139 Å². The fourth-order valence-corrected chi connectivity index (χ4v) is 4.12. The Morgan fingerprint density at radius 3 is 2.67 bits per heavy atom. The molecule has 0 bridgehead atoms. The summed E-state index contributed by atoms with van der Waals surface area (Å²) in [6.07, 6.45) is 1.94. The van der Waals surface area contributed by atoms with Gasteiger partial charge in [-0.25, -0.2) is 13.5 Å². The molecule has 3 heterocycles. The number of halogens is 2. The third-order valence-electron chi connectivity index (χ3n) is 5.83. The normalized spacial score (nSPS) is 33.2. The number of hydrogen-bond acceptors (Lipinski definition) is 4. The zero-order valence-electron chi connectivity index (χ0n) is 13.7. The van der Waals surface area contributed by atoms with Crippen LogP contribution < -0.4 is 5.32 Å². The summed E-state index contributed by atoms with van der Waals surface area (Å²) in [4.78, 5) is 18.3. The molecule has 8 heteroatoms. The van der Waals surface area contributed by atoms with Crippen molar-refractivity contribution in [2.24, 2.45) is 17.8 Å². The molecule has 1 aliphatic carbocycles. The highest BCUT2D eigenvalue weighted by Crippen LogP contribution is 2.40. The van der Waals surface area contributed by atoms with Gasteiger partial charge < -0.3 is 10.2 Å². The number of hydrogen-bond donors (Lipinski definition) is 1. The third kappa shape index (κ3) is 2.75. The lowest BCUT2D eigenvalue weighted by atomic mass is 9.85. The highest BCUT2D eigenvalue weighted by Gasteiger charge is 2.43.